The van der Waals surface area contributed by atoms with E-state index in [4.69, 9.17) is 18.9 Å². The molecule has 2 aliphatic rings. The second-order valence-electron chi connectivity index (χ2n) is 8.26. The Bertz CT molecular complexity index is 1600. The van der Waals surface area contributed by atoms with Gasteiger partial charge in [-0.3, -0.25) is 9.36 Å². The van der Waals surface area contributed by atoms with Crippen molar-refractivity contribution in [1.82, 2.24) is 4.57 Å². The first-order chi connectivity index (χ1) is 17.3. The summed E-state index contributed by atoms with van der Waals surface area (Å²) in [6, 6.07) is 8.53. The number of aromatic nitrogens is 1. The highest BCUT2D eigenvalue weighted by Gasteiger charge is 2.33. The van der Waals surface area contributed by atoms with Crippen LogP contribution in [-0.2, 0) is 9.53 Å². The van der Waals surface area contributed by atoms with Crippen LogP contribution in [0.4, 0.5) is 0 Å². The van der Waals surface area contributed by atoms with Crippen LogP contribution < -0.4 is 29.1 Å². The number of hydrogen-bond acceptors (Lipinski definition) is 8. The lowest BCUT2D eigenvalue weighted by atomic mass is 9.96. The number of halogens is 1. The molecule has 2 aromatic carbocycles. The van der Waals surface area contributed by atoms with Crippen LogP contribution in [0.3, 0.4) is 0 Å². The molecule has 10 heteroatoms. The van der Waals surface area contributed by atoms with E-state index >= 15 is 0 Å². The minimum Gasteiger partial charge on any atom is -0.496 e. The van der Waals surface area contributed by atoms with Crippen LogP contribution >= 0.6 is 27.3 Å². The molecule has 0 bridgehead atoms. The van der Waals surface area contributed by atoms with Crippen molar-refractivity contribution >= 4 is 39.3 Å². The molecule has 0 saturated carbocycles. The minimum absolute atomic E-state index is 0.174. The molecule has 0 saturated heterocycles. The largest absolute Gasteiger partial charge is 0.496 e. The third-order valence-corrected chi connectivity index (χ3v) is 7.66. The monoisotopic (exact) mass is 570 g/mol. The summed E-state index contributed by atoms with van der Waals surface area (Å²) in [5.74, 6) is 1.46. The van der Waals surface area contributed by atoms with E-state index in [-0.39, 0.29) is 19.0 Å². The number of hydrogen-bond donors (Lipinski definition) is 0. The maximum Gasteiger partial charge on any atom is 0.338 e. The van der Waals surface area contributed by atoms with Gasteiger partial charge in [0.1, 0.15) is 5.75 Å². The molecular weight excluding hydrogens is 548 g/mol. The number of nitrogens with zero attached hydrogens (tertiary/aromatic N) is 2. The lowest BCUT2D eigenvalue weighted by molar-refractivity contribution is -0.139. The smallest absolute Gasteiger partial charge is 0.338 e. The van der Waals surface area contributed by atoms with Gasteiger partial charge in [0, 0.05) is 0 Å². The Kier molecular flexibility index (Phi) is 6.48. The zero-order valence-electron chi connectivity index (χ0n) is 20.1. The fourth-order valence-corrected chi connectivity index (χ4v) is 5.91. The number of esters is 1. The fourth-order valence-electron chi connectivity index (χ4n) is 4.32. The molecule has 1 atom stereocenters. The van der Waals surface area contributed by atoms with Crippen molar-refractivity contribution in [2.45, 2.75) is 26.8 Å². The van der Waals surface area contributed by atoms with E-state index in [1.165, 1.54) is 11.3 Å². The number of allylic oxidation sites excluding steroid dienone is 1. The van der Waals surface area contributed by atoms with Crippen molar-refractivity contribution in [3.63, 3.8) is 0 Å². The van der Waals surface area contributed by atoms with Crippen molar-refractivity contribution in [3.8, 4) is 17.2 Å². The summed E-state index contributed by atoms with van der Waals surface area (Å²) in [5, 5.41) is 0. The van der Waals surface area contributed by atoms with E-state index in [0.717, 1.165) is 16.7 Å². The van der Waals surface area contributed by atoms with Crippen LogP contribution in [0.5, 0.6) is 17.2 Å². The highest BCUT2D eigenvalue weighted by atomic mass is 79.9. The topological polar surface area (TPSA) is 88.4 Å². The first kappa shape index (κ1) is 24.3. The average Bonchev–Trinajstić information content (AvgIpc) is 3.42. The Hall–Kier alpha value is -3.37. The molecule has 2 aliphatic heterocycles. The number of methoxy groups -OCH3 is 1. The van der Waals surface area contributed by atoms with Crippen LogP contribution in [0.25, 0.3) is 6.08 Å². The van der Waals surface area contributed by atoms with Gasteiger partial charge in [-0.2, -0.15) is 0 Å². The van der Waals surface area contributed by atoms with Gasteiger partial charge in [-0.25, -0.2) is 9.79 Å². The number of benzene rings is 2. The van der Waals surface area contributed by atoms with Gasteiger partial charge in [-0.05, 0) is 83.7 Å². The van der Waals surface area contributed by atoms with E-state index in [9.17, 15) is 9.59 Å². The number of aryl methyl sites for hydroxylation is 1. The zero-order valence-corrected chi connectivity index (χ0v) is 22.5. The summed E-state index contributed by atoms with van der Waals surface area (Å²) in [5.41, 5.74) is 3.11. The summed E-state index contributed by atoms with van der Waals surface area (Å²) in [6.07, 6.45) is 1.82. The van der Waals surface area contributed by atoms with Crippen molar-refractivity contribution in [2.24, 2.45) is 4.99 Å². The van der Waals surface area contributed by atoms with E-state index in [2.05, 4.69) is 20.9 Å². The highest BCUT2D eigenvalue weighted by Crippen LogP contribution is 2.36. The molecule has 0 spiro atoms. The molecule has 0 N–H and O–H groups in total. The lowest BCUT2D eigenvalue weighted by Gasteiger charge is -2.25. The summed E-state index contributed by atoms with van der Waals surface area (Å²) < 4.78 is 24.4. The Morgan fingerprint density at radius 3 is 2.69 bits per heavy atom. The van der Waals surface area contributed by atoms with E-state index < -0.39 is 12.0 Å². The second kappa shape index (κ2) is 9.59. The second-order valence-corrected chi connectivity index (χ2v) is 10.1. The van der Waals surface area contributed by atoms with Gasteiger partial charge in [0.2, 0.25) is 6.79 Å². The Labute approximate surface area is 219 Å². The lowest BCUT2D eigenvalue weighted by Crippen LogP contribution is -2.40. The number of fused-ring (bicyclic) bond motifs is 2. The maximum atomic E-state index is 13.8. The van der Waals surface area contributed by atoms with Crippen molar-refractivity contribution in [2.75, 3.05) is 20.5 Å². The van der Waals surface area contributed by atoms with Gasteiger partial charge in [0.05, 0.1) is 40.0 Å². The first-order valence-corrected chi connectivity index (χ1v) is 12.9. The Balaban J connectivity index is 1.72. The Morgan fingerprint density at radius 2 is 2.00 bits per heavy atom. The SMILES string of the molecule is CCOC(=O)C1=C(C)N=c2s/c(=C\c3cc4c(cc3C)OCO4)c(=O)n2[C@H]1c1ccc(OC)c(Br)c1. The van der Waals surface area contributed by atoms with Crippen LogP contribution in [0.15, 0.2) is 55.9 Å². The van der Waals surface area contributed by atoms with Gasteiger partial charge in [-0.1, -0.05) is 17.4 Å². The van der Waals surface area contributed by atoms with Gasteiger partial charge < -0.3 is 18.9 Å². The van der Waals surface area contributed by atoms with Crippen LogP contribution in [-0.4, -0.2) is 31.0 Å². The third kappa shape index (κ3) is 4.14. The molecule has 0 radical (unpaired) electrons. The zero-order chi connectivity index (χ0) is 25.6. The quantitative estimate of drug-likeness (QED) is 0.435. The number of rotatable bonds is 5. The Morgan fingerprint density at radius 1 is 1.25 bits per heavy atom. The van der Waals surface area contributed by atoms with Gasteiger partial charge in [-0.15, -0.1) is 0 Å². The van der Waals surface area contributed by atoms with Crippen LogP contribution in [0.1, 0.15) is 36.6 Å². The average molecular weight is 571 g/mol. The van der Waals surface area contributed by atoms with E-state index in [0.29, 0.717) is 42.3 Å². The van der Waals surface area contributed by atoms with Gasteiger partial charge >= 0.3 is 5.97 Å². The summed E-state index contributed by atoms with van der Waals surface area (Å²) in [4.78, 5) is 32.0. The standard InChI is InChI=1S/C26H23BrN2O6S/c1-5-33-25(31)22-14(3)28-26-29(23(22)15-6-7-18(32-4)17(27)9-15)24(30)21(36-26)11-16-10-20-19(8-13(16)2)34-12-35-20/h6-11,23H,5,12H2,1-4H3/b21-11-/t23-/m0/s1. The van der Waals surface area contributed by atoms with E-state index in [1.807, 2.05) is 37.3 Å². The van der Waals surface area contributed by atoms with Crippen molar-refractivity contribution in [3.05, 3.63) is 82.5 Å². The molecule has 5 rings (SSSR count). The number of carbonyl (C=O) groups excluding carboxylic acids is 1. The molecule has 0 aliphatic carbocycles. The third-order valence-electron chi connectivity index (χ3n) is 6.06. The summed E-state index contributed by atoms with van der Waals surface area (Å²) >= 11 is 4.80. The molecule has 3 aromatic rings. The molecule has 3 heterocycles. The molecule has 0 unspecified atom stereocenters. The molecule has 0 amide bonds. The molecule has 186 valence electrons. The molecule has 36 heavy (non-hydrogen) atoms. The number of ether oxygens (including phenoxy) is 4. The van der Waals surface area contributed by atoms with Gasteiger partial charge in [0.25, 0.3) is 5.56 Å². The number of carbonyl (C=O) groups is 1. The molecule has 0 fully saturated rings. The summed E-state index contributed by atoms with van der Waals surface area (Å²) in [6.45, 7) is 5.84. The normalized spacial score (nSPS) is 16.6. The van der Waals surface area contributed by atoms with Crippen LogP contribution in [0, 0.1) is 6.92 Å². The molecular formula is C26H23BrN2O6S. The van der Waals surface area contributed by atoms with E-state index in [1.54, 1.807) is 31.6 Å². The minimum atomic E-state index is -0.706. The molecule has 8 nitrogen and oxygen atoms in total. The predicted octanol–water partition coefficient (Wildman–Crippen LogP) is 3.61. The van der Waals surface area contributed by atoms with Crippen molar-refractivity contribution < 1.29 is 23.7 Å². The number of thiazole rings is 1. The van der Waals surface area contributed by atoms with Crippen LogP contribution in [0.2, 0.25) is 0 Å². The van der Waals surface area contributed by atoms with Crippen molar-refractivity contribution in [1.29, 1.82) is 0 Å². The predicted molar refractivity (Wildman–Crippen MR) is 138 cm³/mol. The highest BCUT2D eigenvalue weighted by molar-refractivity contribution is 9.10. The molecule has 1 aromatic heterocycles. The maximum absolute atomic E-state index is 13.8. The van der Waals surface area contributed by atoms with Gasteiger partial charge in [0.15, 0.2) is 16.3 Å². The fraction of sp³-hybridized carbons (Fsp3) is 0.269. The first-order valence-electron chi connectivity index (χ1n) is 11.3. The summed E-state index contributed by atoms with van der Waals surface area (Å²) in [7, 11) is 1.58.